The Morgan fingerprint density at radius 3 is 2.15 bits per heavy atom. The third-order valence-electron chi connectivity index (χ3n) is 5.64. The zero-order valence-corrected chi connectivity index (χ0v) is 17.7. The highest BCUT2D eigenvalue weighted by Gasteiger charge is 2.36. The Balaban J connectivity index is 2.87. The number of unbranched alkanes of at least 4 members (excludes halogenated alkanes) is 3. The maximum atomic E-state index is 13.1. The van der Waals surface area contributed by atoms with E-state index < -0.39 is 0 Å². The van der Waals surface area contributed by atoms with E-state index in [0.29, 0.717) is 6.42 Å². The number of hydrogen-bond acceptors (Lipinski definition) is 4. The van der Waals surface area contributed by atoms with Crippen LogP contribution in [0.2, 0.25) is 0 Å². The molecule has 0 saturated heterocycles. The van der Waals surface area contributed by atoms with Crippen molar-refractivity contribution in [3.63, 3.8) is 0 Å². The minimum atomic E-state index is -0.134. The fourth-order valence-electron chi connectivity index (χ4n) is 3.34. The lowest BCUT2D eigenvalue weighted by Gasteiger charge is -2.35. The van der Waals surface area contributed by atoms with Crippen molar-refractivity contribution < 1.29 is 9.59 Å². The van der Waals surface area contributed by atoms with Gasteiger partial charge >= 0.3 is 0 Å². The number of hydrogen-bond donors (Lipinski definition) is 3. The Bertz CT molecular complexity index is 581. The van der Waals surface area contributed by atoms with E-state index in [9.17, 15) is 9.59 Å². The second-order valence-electron chi connectivity index (χ2n) is 7.57. The molecule has 7 nitrogen and oxygen atoms in total. The number of rotatable bonds is 13. The SMILES string of the molecule is CCCCCCC(C(=O)Nc1n[nH]nc1NC(=O)CCC)C(C)(CC)CC. The van der Waals surface area contributed by atoms with E-state index in [1.807, 2.05) is 6.92 Å². The molecule has 0 aliphatic rings. The van der Waals surface area contributed by atoms with Crippen molar-refractivity contribution in [3.8, 4) is 0 Å². The van der Waals surface area contributed by atoms with Gasteiger partial charge in [-0.1, -0.05) is 60.3 Å². The molecule has 0 bridgehead atoms. The Morgan fingerprint density at radius 1 is 0.963 bits per heavy atom. The first-order valence-electron chi connectivity index (χ1n) is 10.4. The van der Waals surface area contributed by atoms with Gasteiger partial charge in [-0.15, -0.1) is 10.2 Å². The zero-order chi connectivity index (χ0) is 20.3. The van der Waals surface area contributed by atoms with E-state index in [-0.39, 0.29) is 34.8 Å². The van der Waals surface area contributed by atoms with Gasteiger partial charge in [0.25, 0.3) is 0 Å². The summed E-state index contributed by atoms with van der Waals surface area (Å²) in [4.78, 5) is 24.9. The first-order chi connectivity index (χ1) is 12.9. The molecule has 1 aromatic rings. The summed E-state index contributed by atoms with van der Waals surface area (Å²) >= 11 is 0. The number of amides is 2. The molecule has 0 saturated carbocycles. The first-order valence-corrected chi connectivity index (χ1v) is 10.4. The van der Waals surface area contributed by atoms with Crippen LogP contribution >= 0.6 is 0 Å². The van der Waals surface area contributed by atoms with Crippen molar-refractivity contribution in [2.75, 3.05) is 10.6 Å². The van der Waals surface area contributed by atoms with Gasteiger partial charge in [0.15, 0.2) is 11.6 Å². The zero-order valence-electron chi connectivity index (χ0n) is 17.7. The molecular formula is C20H37N5O2. The molecule has 154 valence electrons. The highest BCUT2D eigenvalue weighted by molar-refractivity contribution is 5.98. The number of carbonyl (C=O) groups excluding carboxylic acids is 2. The summed E-state index contributed by atoms with van der Waals surface area (Å²) in [6.07, 6.45) is 8.45. The summed E-state index contributed by atoms with van der Waals surface area (Å²) in [7, 11) is 0. The normalized spacial score (nSPS) is 12.6. The molecular weight excluding hydrogens is 342 g/mol. The van der Waals surface area contributed by atoms with Crippen molar-refractivity contribution in [2.45, 2.75) is 92.4 Å². The topological polar surface area (TPSA) is 99.8 Å². The third-order valence-corrected chi connectivity index (χ3v) is 5.64. The summed E-state index contributed by atoms with van der Waals surface area (Å²) in [6.45, 7) is 10.6. The molecule has 1 atom stereocenters. The molecule has 1 rings (SSSR count). The van der Waals surface area contributed by atoms with Crippen LogP contribution in [0.25, 0.3) is 0 Å². The maximum absolute atomic E-state index is 13.1. The van der Waals surface area contributed by atoms with Crippen LogP contribution in [0, 0.1) is 11.3 Å². The molecule has 0 aliphatic heterocycles. The number of anilines is 2. The summed E-state index contributed by atoms with van der Waals surface area (Å²) in [5.74, 6) is 0.293. The number of aromatic nitrogens is 3. The second-order valence-corrected chi connectivity index (χ2v) is 7.57. The van der Waals surface area contributed by atoms with E-state index in [1.54, 1.807) is 0 Å². The Morgan fingerprint density at radius 2 is 1.59 bits per heavy atom. The van der Waals surface area contributed by atoms with Crippen molar-refractivity contribution in [2.24, 2.45) is 11.3 Å². The molecule has 2 amide bonds. The first kappa shape index (κ1) is 23.1. The smallest absolute Gasteiger partial charge is 0.229 e. The van der Waals surface area contributed by atoms with E-state index >= 15 is 0 Å². The van der Waals surface area contributed by atoms with Gasteiger partial charge in [0, 0.05) is 12.3 Å². The Labute approximate surface area is 163 Å². The van der Waals surface area contributed by atoms with E-state index in [4.69, 9.17) is 0 Å². The molecule has 1 aromatic heterocycles. The van der Waals surface area contributed by atoms with Crippen molar-refractivity contribution in [1.82, 2.24) is 15.4 Å². The predicted octanol–water partition coefficient (Wildman–Crippen LogP) is 4.89. The van der Waals surface area contributed by atoms with Crippen molar-refractivity contribution in [1.29, 1.82) is 0 Å². The lowest BCUT2D eigenvalue weighted by Crippen LogP contribution is -2.36. The maximum Gasteiger partial charge on any atom is 0.229 e. The second kappa shape index (κ2) is 11.7. The lowest BCUT2D eigenvalue weighted by atomic mass is 9.70. The van der Waals surface area contributed by atoms with E-state index in [2.05, 4.69) is 53.7 Å². The van der Waals surface area contributed by atoms with Gasteiger partial charge in [-0.25, -0.2) is 0 Å². The van der Waals surface area contributed by atoms with Crippen LogP contribution in [0.5, 0.6) is 0 Å². The average molecular weight is 380 g/mol. The van der Waals surface area contributed by atoms with Gasteiger partial charge in [0.05, 0.1) is 0 Å². The van der Waals surface area contributed by atoms with E-state index in [1.165, 1.54) is 12.8 Å². The molecule has 0 aromatic carbocycles. The van der Waals surface area contributed by atoms with Crippen molar-refractivity contribution >= 4 is 23.5 Å². The fraction of sp³-hybridized carbons (Fsp3) is 0.800. The van der Waals surface area contributed by atoms with Crippen molar-refractivity contribution in [3.05, 3.63) is 0 Å². The van der Waals surface area contributed by atoms with Gasteiger partial charge < -0.3 is 10.6 Å². The summed E-state index contributed by atoms with van der Waals surface area (Å²) in [5.41, 5.74) is -0.0638. The molecule has 1 heterocycles. The van der Waals surface area contributed by atoms with Gasteiger partial charge in [-0.3, -0.25) is 9.59 Å². The quantitative estimate of drug-likeness (QED) is 0.425. The van der Waals surface area contributed by atoms with Gasteiger partial charge in [0.1, 0.15) is 0 Å². The number of nitrogens with one attached hydrogen (secondary N) is 3. The Hall–Kier alpha value is -1.92. The van der Waals surface area contributed by atoms with Crippen LogP contribution in [0.3, 0.4) is 0 Å². The predicted molar refractivity (Wildman–Crippen MR) is 109 cm³/mol. The number of aromatic amines is 1. The molecule has 0 spiro atoms. The number of carbonyl (C=O) groups is 2. The lowest BCUT2D eigenvalue weighted by molar-refractivity contribution is -0.124. The molecule has 1 unspecified atom stereocenters. The molecule has 3 N–H and O–H groups in total. The molecule has 0 aliphatic carbocycles. The third kappa shape index (κ3) is 6.96. The average Bonchev–Trinajstić information content (AvgIpc) is 3.07. The van der Waals surface area contributed by atoms with Gasteiger partial charge in [-0.2, -0.15) is 5.21 Å². The number of H-pyrrole nitrogens is 1. The molecule has 0 fully saturated rings. The molecule has 27 heavy (non-hydrogen) atoms. The van der Waals surface area contributed by atoms with E-state index in [0.717, 1.165) is 38.5 Å². The number of nitrogens with zero attached hydrogens (tertiary/aromatic N) is 2. The summed E-state index contributed by atoms with van der Waals surface area (Å²) in [6, 6.07) is 0. The van der Waals surface area contributed by atoms with Crippen LogP contribution in [-0.2, 0) is 9.59 Å². The Kier molecular flexibility index (Phi) is 10.0. The fourth-order valence-corrected chi connectivity index (χ4v) is 3.34. The van der Waals surface area contributed by atoms with Crippen LogP contribution in [0.4, 0.5) is 11.6 Å². The van der Waals surface area contributed by atoms with Crippen LogP contribution < -0.4 is 10.6 Å². The highest BCUT2D eigenvalue weighted by atomic mass is 16.2. The molecule has 7 heteroatoms. The molecule has 0 radical (unpaired) electrons. The summed E-state index contributed by atoms with van der Waals surface area (Å²) < 4.78 is 0. The van der Waals surface area contributed by atoms with Crippen LogP contribution in [0.1, 0.15) is 92.4 Å². The minimum Gasteiger partial charge on any atom is -0.306 e. The standard InChI is InChI=1S/C20H37N5O2/c1-6-10-11-12-14-15(20(5,8-3)9-4)19(27)22-18-17(23-25-24-18)21-16(26)13-7-2/h15H,6-14H2,1-5H3,(H3,21,22,23,24,25,26,27). The minimum absolute atomic E-state index is 0.0439. The largest absolute Gasteiger partial charge is 0.306 e. The van der Waals surface area contributed by atoms with Crippen LogP contribution in [0.15, 0.2) is 0 Å². The van der Waals surface area contributed by atoms with Crippen LogP contribution in [-0.4, -0.2) is 27.2 Å². The van der Waals surface area contributed by atoms with Gasteiger partial charge in [0.2, 0.25) is 11.8 Å². The van der Waals surface area contributed by atoms with Gasteiger partial charge in [-0.05, 0) is 31.1 Å². The summed E-state index contributed by atoms with van der Waals surface area (Å²) in [5, 5.41) is 16.1. The monoisotopic (exact) mass is 379 g/mol. The highest BCUT2D eigenvalue weighted by Crippen LogP contribution is 2.39.